The topological polar surface area (TPSA) is 111 Å². The molecule has 1 aromatic rings. The third kappa shape index (κ3) is 7.71. The summed E-state index contributed by atoms with van der Waals surface area (Å²) in [6.07, 6.45) is 0. The third-order valence-corrected chi connectivity index (χ3v) is 3.86. The molecule has 0 unspecified atom stereocenters. The van der Waals surface area contributed by atoms with Crippen LogP contribution in [-0.2, 0) is 24.9 Å². The van der Waals surface area contributed by atoms with Crippen molar-refractivity contribution in [2.75, 3.05) is 19.5 Å². The summed E-state index contributed by atoms with van der Waals surface area (Å²) in [6.45, 7) is 2.23. The van der Waals surface area contributed by atoms with Crippen LogP contribution in [0, 0.1) is 0 Å². The number of carbonyl (C=O) groups excluding carboxylic acids is 4. The summed E-state index contributed by atoms with van der Waals surface area (Å²) in [6, 6.07) is 5.11. The summed E-state index contributed by atoms with van der Waals surface area (Å²) in [5, 5.41) is 0. The Labute approximate surface area is 149 Å². The summed E-state index contributed by atoms with van der Waals surface area (Å²) in [4.78, 5) is 44.9. The molecule has 0 saturated carbocycles. The van der Waals surface area contributed by atoms with Gasteiger partial charge in [0.2, 0.25) is 5.91 Å². The molecular formula is C16H20N2O6S. The molecule has 136 valence electrons. The highest BCUT2D eigenvalue weighted by Crippen LogP contribution is 2.24. The molecule has 0 atom stereocenters. The van der Waals surface area contributed by atoms with E-state index < -0.39 is 24.4 Å². The molecule has 0 fully saturated rings. The lowest BCUT2D eigenvalue weighted by molar-refractivity contribution is -0.146. The molecule has 1 aromatic carbocycles. The molecule has 25 heavy (non-hydrogen) atoms. The van der Waals surface area contributed by atoms with Gasteiger partial charge in [0.1, 0.15) is 5.75 Å². The van der Waals surface area contributed by atoms with Gasteiger partial charge in [0.25, 0.3) is 5.91 Å². The average Bonchev–Trinajstić information content (AvgIpc) is 2.57. The van der Waals surface area contributed by atoms with Gasteiger partial charge in [-0.2, -0.15) is 0 Å². The van der Waals surface area contributed by atoms with Crippen LogP contribution in [0.25, 0.3) is 0 Å². The largest absolute Gasteiger partial charge is 0.496 e. The fourth-order valence-corrected chi connectivity index (χ4v) is 2.53. The highest BCUT2D eigenvalue weighted by molar-refractivity contribution is 7.99. The molecule has 0 aliphatic carbocycles. The van der Waals surface area contributed by atoms with Gasteiger partial charge in [-0.05, 0) is 25.1 Å². The Morgan fingerprint density at radius 2 is 1.84 bits per heavy atom. The summed E-state index contributed by atoms with van der Waals surface area (Å²) in [5.41, 5.74) is 5.52. The molecule has 0 bridgehead atoms. The van der Waals surface area contributed by atoms with Crippen LogP contribution in [0.4, 0.5) is 0 Å². The lowest BCUT2D eigenvalue weighted by Crippen LogP contribution is -2.42. The van der Waals surface area contributed by atoms with Gasteiger partial charge in [0.15, 0.2) is 12.4 Å². The fraction of sp³-hybridized carbons (Fsp3) is 0.375. The zero-order chi connectivity index (χ0) is 18.8. The monoisotopic (exact) mass is 368 g/mol. The van der Waals surface area contributed by atoms with Crippen molar-refractivity contribution in [1.82, 2.24) is 10.9 Å². The standard InChI is InChI=1S/C16H20N2O6S/c1-10(19)12-4-5-14(23-3)13(6-12)8-25-9-16(22)24-7-15(21)18-17-11(2)20/h4-6H,7-9H2,1-3H3,(H,17,20)(H,18,21). The molecule has 9 heteroatoms. The molecule has 0 heterocycles. The molecule has 2 N–H and O–H groups in total. The normalized spacial score (nSPS) is 9.88. The summed E-state index contributed by atoms with van der Waals surface area (Å²) in [7, 11) is 1.53. The first-order chi connectivity index (χ1) is 11.8. The maximum atomic E-state index is 11.6. The van der Waals surface area contributed by atoms with Crippen LogP contribution < -0.4 is 15.6 Å². The molecule has 0 radical (unpaired) electrons. The van der Waals surface area contributed by atoms with Crippen molar-refractivity contribution in [1.29, 1.82) is 0 Å². The minimum atomic E-state index is -0.635. The van der Waals surface area contributed by atoms with Gasteiger partial charge < -0.3 is 9.47 Å². The van der Waals surface area contributed by atoms with Crippen molar-refractivity contribution in [2.24, 2.45) is 0 Å². The highest BCUT2D eigenvalue weighted by Gasteiger charge is 2.11. The second-order valence-electron chi connectivity index (χ2n) is 4.97. The lowest BCUT2D eigenvalue weighted by Gasteiger charge is -2.10. The Bertz CT molecular complexity index is 662. The molecule has 2 amide bonds. The van der Waals surface area contributed by atoms with Crippen molar-refractivity contribution >= 4 is 35.3 Å². The van der Waals surface area contributed by atoms with Gasteiger partial charge in [0.05, 0.1) is 12.9 Å². The fourth-order valence-electron chi connectivity index (χ4n) is 1.74. The van der Waals surface area contributed by atoms with E-state index in [1.165, 1.54) is 32.7 Å². The lowest BCUT2D eigenvalue weighted by atomic mass is 10.1. The van der Waals surface area contributed by atoms with E-state index >= 15 is 0 Å². The maximum absolute atomic E-state index is 11.6. The number of thioether (sulfide) groups is 1. The smallest absolute Gasteiger partial charge is 0.316 e. The Morgan fingerprint density at radius 1 is 1.12 bits per heavy atom. The molecule has 0 saturated heterocycles. The maximum Gasteiger partial charge on any atom is 0.316 e. The van der Waals surface area contributed by atoms with Crippen LogP contribution in [0.2, 0.25) is 0 Å². The van der Waals surface area contributed by atoms with Crippen LogP contribution >= 0.6 is 11.8 Å². The van der Waals surface area contributed by atoms with Gasteiger partial charge in [0, 0.05) is 23.8 Å². The SMILES string of the molecule is COc1ccc(C(C)=O)cc1CSCC(=O)OCC(=O)NNC(C)=O. The van der Waals surface area contributed by atoms with Gasteiger partial charge in [-0.15, -0.1) is 11.8 Å². The Hall–Kier alpha value is -2.55. The number of ketones is 1. The number of hydrazine groups is 1. The van der Waals surface area contributed by atoms with Crippen molar-refractivity contribution in [2.45, 2.75) is 19.6 Å². The minimum absolute atomic E-state index is 0.0286. The number of carbonyl (C=O) groups is 4. The van der Waals surface area contributed by atoms with E-state index in [0.717, 1.165) is 5.56 Å². The number of nitrogens with one attached hydrogen (secondary N) is 2. The molecule has 0 spiro atoms. The number of rotatable bonds is 8. The van der Waals surface area contributed by atoms with Crippen LogP contribution in [0.3, 0.4) is 0 Å². The predicted octanol–water partition coefficient (Wildman–Crippen LogP) is 0.841. The first-order valence-corrected chi connectivity index (χ1v) is 8.45. The molecule has 0 aliphatic heterocycles. The zero-order valence-electron chi connectivity index (χ0n) is 14.2. The Morgan fingerprint density at radius 3 is 2.44 bits per heavy atom. The first kappa shape index (κ1) is 20.5. The number of hydrogen-bond donors (Lipinski definition) is 2. The van der Waals surface area contributed by atoms with Crippen LogP contribution in [0.5, 0.6) is 5.75 Å². The van der Waals surface area contributed by atoms with Crippen molar-refractivity contribution in [3.8, 4) is 5.75 Å². The summed E-state index contributed by atoms with van der Waals surface area (Å²) in [5.74, 6) is -0.594. The number of amides is 2. The molecule has 0 aromatic heterocycles. The van der Waals surface area contributed by atoms with Crippen LogP contribution in [-0.4, -0.2) is 43.0 Å². The first-order valence-electron chi connectivity index (χ1n) is 7.30. The van der Waals surface area contributed by atoms with Gasteiger partial charge >= 0.3 is 5.97 Å². The molecule has 1 rings (SSSR count). The molecular weight excluding hydrogens is 348 g/mol. The van der Waals surface area contributed by atoms with Crippen molar-refractivity contribution in [3.63, 3.8) is 0 Å². The van der Waals surface area contributed by atoms with E-state index in [4.69, 9.17) is 9.47 Å². The average molecular weight is 368 g/mol. The summed E-state index contributed by atoms with van der Waals surface area (Å²) < 4.78 is 10.0. The summed E-state index contributed by atoms with van der Waals surface area (Å²) >= 11 is 1.27. The second-order valence-corrected chi connectivity index (χ2v) is 5.95. The molecule has 0 aliphatic rings. The van der Waals surface area contributed by atoms with Gasteiger partial charge in [-0.25, -0.2) is 0 Å². The predicted molar refractivity (Wildman–Crippen MR) is 92.1 cm³/mol. The number of methoxy groups -OCH3 is 1. The second kappa shape index (κ2) is 10.3. The third-order valence-electron chi connectivity index (χ3n) is 2.91. The number of ether oxygens (including phenoxy) is 2. The van der Waals surface area contributed by atoms with Crippen LogP contribution in [0.1, 0.15) is 29.8 Å². The zero-order valence-corrected chi connectivity index (χ0v) is 15.0. The van der Waals surface area contributed by atoms with E-state index in [1.807, 2.05) is 0 Å². The number of hydrogen-bond acceptors (Lipinski definition) is 7. The number of benzene rings is 1. The van der Waals surface area contributed by atoms with E-state index in [9.17, 15) is 19.2 Å². The van der Waals surface area contributed by atoms with E-state index in [2.05, 4.69) is 10.9 Å². The number of Topliss-reactive ketones (excluding diaryl/α,β-unsaturated/α-hetero) is 1. The Kier molecular flexibility index (Phi) is 8.48. The van der Waals surface area contributed by atoms with E-state index in [0.29, 0.717) is 17.1 Å². The Balaban J connectivity index is 2.42. The van der Waals surface area contributed by atoms with Crippen molar-refractivity contribution in [3.05, 3.63) is 29.3 Å². The van der Waals surface area contributed by atoms with Gasteiger partial charge in [-0.1, -0.05) is 0 Å². The van der Waals surface area contributed by atoms with Crippen molar-refractivity contribution < 1.29 is 28.7 Å². The quantitative estimate of drug-likeness (QED) is 0.397. The highest BCUT2D eigenvalue weighted by atomic mass is 32.2. The minimum Gasteiger partial charge on any atom is -0.496 e. The van der Waals surface area contributed by atoms with E-state index in [-0.39, 0.29) is 11.5 Å². The van der Waals surface area contributed by atoms with E-state index in [1.54, 1.807) is 18.2 Å². The van der Waals surface area contributed by atoms with Crippen LogP contribution in [0.15, 0.2) is 18.2 Å². The number of esters is 1. The van der Waals surface area contributed by atoms with Gasteiger partial charge in [-0.3, -0.25) is 30.0 Å². The molecule has 8 nitrogen and oxygen atoms in total.